The van der Waals surface area contributed by atoms with Crippen LogP contribution < -0.4 is 16.0 Å². The Morgan fingerprint density at radius 1 is 0.600 bits per heavy atom. The second-order valence-corrected chi connectivity index (χ2v) is 10.6. The summed E-state index contributed by atoms with van der Waals surface area (Å²) in [5.41, 5.74) is 0. The smallest absolute Gasteiger partial charge is 0.335 e. The Balaban J connectivity index is 1.98. The van der Waals surface area contributed by atoms with Gasteiger partial charge < -0.3 is 80.5 Å². The zero-order valence-corrected chi connectivity index (χ0v) is 24.0. The summed E-state index contributed by atoms with van der Waals surface area (Å²) < 4.78 is 27.2. The number of rotatable bonds is 10. The van der Waals surface area contributed by atoms with E-state index in [-0.39, 0.29) is 0 Å². The van der Waals surface area contributed by atoms with Crippen molar-refractivity contribution in [2.75, 3.05) is 6.61 Å². The molecule has 0 radical (unpaired) electrons. The van der Waals surface area contributed by atoms with E-state index in [1.54, 1.807) is 0 Å². The van der Waals surface area contributed by atoms with Gasteiger partial charge in [-0.25, -0.2) is 9.59 Å². The molecule has 15 atom stereocenters. The Hall–Kier alpha value is -3.09. The molecular weight excluding hydrogens is 618 g/mol. The standard InChI is InChI=1S/C24H37N3O18/c1-5(29)25-9-13(33)15(35)18(20(36)37)44-23(9)43-17-14(34)10(26-6(2)30)24(45-19(17)21(38)39)42-16-11(27-7(3)31)22(40)41-8(4-28)12(16)32/h8-19,22-24,28,32-35,40H,4H2,1-3H3,(H,25,29)(H,26,30)(H,27,31)(H,36,37)(H,38,39)/t8-,9+,10+,11-,12-,13-,14-,15+,16-,17+,18+,19+,22?,23?,24?/m1/s1. The SMILES string of the molecule is CC(=O)N[C@@H]1C(O[C@H]2[C@H](O)[C@H](NC(C)=O)C(O[C@H]3[C@H](O)[C@@H](CO)OC(O)[C@@H]3NC(C)=O)O[C@@H]2C(=O)O)O[C@H](C(=O)O)[C@@H](O)[C@@H]1O. The van der Waals surface area contributed by atoms with Crippen molar-refractivity contribution in [3.8, 4) is 0 Å². The lowest BCUT2D eigenvalue weighted by atomic mass is 9.93. The number of aliphatic carboxylic acids is 2. The van der Waals surface area contributed by atoms with E-state index in [9.17, 15) is 64.8 Å². The summed E-state index contributed by atoms with van der Waals surface area (Å²) >= 11 is 0. The highest BCUT2D eigenvalue weighted by Gasteiger charge is 2.56. The molecular formula is C24H37N3O18. The number of hydrogen-bond acceptors (Lipinski definition) is 16. The molecule has 0 aromatic heterocycles. The number of carboxylic acids is 2. The molecule has 0 bridgehead atoms. The lowest BCUT2D eigenvalue weighted by molar-refractivity contribution is -0.341. The van der Waals surface area contributed by atoms with Crippen LogP contribution in [0.4, 0.5) is 0 Å². The number of ether oxygens (including phenoxy) is 5. The molecule has 3 fully saturated rings. The van der Waals surface area contributed by atoms with Crippen LogP contribution in [0.15, 0.2) is 0 Å². The van der Waals surface area contributed by atoms with Crippen LogP contribution in [-0.2, 0) is 47.7 Å². The van der Waals surface area contributed by atoms with Crippen molar-refractivity contribution in [3.63, 3.8) is 0 Å². The van der Waals surface area contributed by atoms with E-state index in [1.165, 1.54) is 0 Å². The number of carboxylic acid groups (broad SMARTS) is 2. The lowest BCUT2D eigenvalue weighted by Gasteiger charge is -2.49. The van der Waals surface area contributed by atoms with Crippen LogP contribution in [0.5, 0.6) is 0 Å². The highest BCUT2D eigenvalue weighted by molar-refractivity contribution is 5.76. The van der Waals surface area contributed by atoms with Crippen molar-refractivity contribution in [1.29, 1.82) is 0 Å². The first-order chi connectivity index (χ1) is 21.0. The van der Waals surface area contributed by atoms with Crippen LogP contribution in [0.2, 0.25) is 0 Å². The van der Waals surface area contributed by atoms with Gasteiger partial charge in [0.2, 0.25) is 17.7 Å². The van der Waals surface area contributed by atoms with E-state index >= 15 is 0 Å². The molecule has 0 aliphatic carbocycles. The molecule has 3 aliphatic rings. The Morgan fingerprint density at radius 3 is 1.51 bits per heavy atom. The zero-order valence-electron chi connectivity index (χ0n) is 24.0. The third-order valence-electron chi connectivity index (χ3n) is 7.23. The summed E-state index contributed by atoms with van der Waals surface area (Å²) in [5.74, 6) is -5.92. The number of amides is 3. The van der Waals surface area contributed by atoms with Gasteiger partial charge >= 0.3 is 11.9 Å². The summed E-state index contributed by atoms with van der Waals surface area (Å²) in [7, 11) is 0. The molecule has 3 saturated heterocycles. The minimum atomic E-state index is -2.22. The molecule has 0 spiro atoms. The molecule has 3 aliphatic heterocycles. The van der Waals surface area contributed by atoms with Gasteiger partial charge in [-0.3, -0.25) is 14.4 Å². The Labute approximate surface area is 253 Å². The molecule has 21 heteroatoms. The zero-order chi connectivity index (χ0) is 33.9. The summed E-state index contributed by atoms with van der Waals surface area (Å²) in [6.07, 6.45) is -23.4. The summed E-state index contributed by atoms with van der Waals surface area (Å²) in [5, 5.41) is 89.0. The second kappa shape index (κ2) is 15.0. The molecule has 256 valence electrons. The average Bonchev–Trinajstić information content (AvgIpc) is 2.93. The van der Waals surface area contributed by atoms with E-state index in [0.29, 0.717) is 0 Å². The van der Waals surface area contributed by atoms with E-state index in [1.807, 2.05) is 0 Å². The van der Waals surface area contributed by atoms with E-state index < -0.39 is 128 Å². The van der Waals surface area contributed by atoms with Gasteiger partial charge in [0.15, 0.2) is 31.1 Å². The molecule has 3 heterocycles. The molecule has 0 saturated carbocycles. The highest BCUT2D eigenvalue weighted by Crippen LogP contribution is 2.32. The average molecular weight is 656 g/mol. The van der Waals surface area contributed by atoms with Gasteiger partial charge in [-0.1, -0.05) is 0 Å². The highest BCUT2D eigenvalue weighted by atomic mass is 16.7. The lowest BCUT2D eigenvalue weighted by Crippen LogP contribution is -2.71. The Morgan fingerprint density at radius 2 is 1.04 bits per heavy atom. The third kappa shape index (κ3) is 8.20. The van der Waals surface area contributed by atoms with E-state index in [0.717, 1.165) is 20.8 Å². The molecule has 0 aromatic rings. The maximum absolute atomic E-state index is 12.3. The summed E-state index contributed by atoms with van der Waals surface area (Å²) in [6, 6.07) is -4.98. The number of aliphatic hydroxyl groups is 6. The fourth-order valence-corrected chi connectivity index (χ4v) is 5.22. The van der Waals surface area contributed by atoms with Crippen molar-refractivity contribution < 1.29 is 88.5 Å². The van der Waals surface area contributed by atoms with Gasteiger partial charge in [-0.2, -0.15) is 0 Å². The van der Waals surface area contributed by atoms with Crippen molar-refractivity contribution in [1.82, 2.24) is 16.0 Å². The van der Waals surface area contributed by atoms with Crippen molar-refractivity contribution >= 4 is 29.7 Å². The van der Waals surface area contributed by atoms with Crippen LogP contribution in [0.25, 0.3) is 0 Å². The van der Waals surface area contributed by atoms with Gasteiger partial charge in [-0.05, 0) is 0 Å². The van der Waals surface area contributed by atoms with Gasteiger partial charge in [0, 0.05) is 20.8 Å². The number of carbonyl (C=O) groups is 5. The first kappa shape index (κ1) is 36.4. The van der Waals surface area contributed by atoms with Gasteiger partial charge in [0.05, 0.1) is 6.61 Å². The van der Waals surface area contributed by atoms with Crippen molar-refractivity contribution in [2.45, 2.75) is 113 Å². The van der Waals surface area contributed by atoms with Crippen LogP contribution in [0, 0.1) is 0 Å². The minimum Gasteiger partial charge on any atom is -0.479 e. The van der Waals surface area contributed by atoms with Crippen molar-refractivity contribution in [3.05, 3.63) is 0 Å². The molecule has 0 aromatic carbocycles. The topological polar surface area (TPSA) is 329 Å². The summed E-state index contributed by atoms with van der Waals surface area (Å²) in [4.78, 5) is 59.7. The third-order valence-corrected chi connectivity index (χ3v) is 7.23. The van der Waals surface area contributed by atoms with Crippen LogP contribution in [0.3, 0.4) is 0 Å². The van der Waals surface area contributed by atoms with Crippen LogP contribution >= 0.6 is 0 Å². The van der Waals surface area contributed by atoms with Gasteiger partial charge in [0.1, 0.15) is 60.9 Å². The van der Waals surface area contributed by atoms with E-state index in [2.05, 4.69) is 16.0 Å². The molecule has 3 unspecified atom stereocenters. The summed E-state index contributed by atoms with van der Waals surface area (Å²) in [6.45, 7) is 2.23. The van der Waals surface area contributed by atoms with Gasteiger partial charge in [-0.15, -0.1) is 0 Å². The largest absolute Gasteiger partial charge is 0.479 e. The normalized spacial score (nSPS) is 41.8. The van der Waals surface area contributed by atoms with Crippen LogP contribution in [0.1, 0.15) is 20.8 Å². The van der Waals surface area contributed by atoms with Gasteiger partial charge in [0.25, 0.3) is 0 Å². The molecule has 3 rings (SSSR count). The number of nitrogens with one attached hydrogen (secondary N) is 3. The Bertz CT molecular complexity index is 1110. The number of carbonyl (C=O) groups excluding carboxylic acids is 3. The second-order valence-electron chi connectivity index (χ2n) is 10.6. The molecule has 11 N–H and O–H groups in total. The first-order valence-electron chi connectivity index (χ1n) is 13.5. The monoisotopic (exact) mass is 655 g/mol. The maximum atomic E-state index is 12.3. The first-order valence-corrected chi connectivity index (χ1v) is 13.5. The maximum Gasteiger partial charge on any atom is 0.335 e. The fraction of sp³-hybridized carbons (Fsp3) is 0.792. The van der Waals surface area contributed by atoms with Crippen molar-refractivity contribution in [2.24, 2.45) is 0 Å². The quantitative estimate of drug-likeness (QED) is 0.104. The minimum absolute atomic E-state index is 0.723. The molecule has 21 nitrogen and oxygen atoms in total. The predicted molar refractivity (Wildman–Crippen MR) is 137 cm³/mol. The Kier molecular flexibility index (Phi) is 12.1. The number of hydrogen-bond donors (Lipinski definition) is 11. The molecule has 3 amide bonds. The molecule has 45 heavy (non-hydrogen) atoms. The van der Waals surface area contributed by atoms with E-state index in [4.69, 9.17) is 23.7 Å². The fourth-order valence-electron chi connectivity index (χ4n) is 5.22. The number of aliphatic hydroxyl groups excluding tert-OH is 6. The predicted octanol–water partition coefficient (Wildman–Crippen LogP) is -6.96. The van der Waals surface area contributed by atoms with Crippen LogP contribution in [-0.4, -0.2) is 169 Å².